The number of aliphatic hydroxyl groups is 2. The second kappa shape index (κ2) is 3.88. The quantitative estimate of drug-likeness (QED) is 0.651. The third kappa shape index (κ3) is 1.65. The van der Waals surface area contributed by atoms with Gasteiger partial charge in [-0.1, -0.05) is 13.3 Å². The third-order valence-corrected chi connectivity index (χ3v) is 3.68. The SMILES string of the molecule is CCC[C@H]1O[C@@H]1C1=C(CO)C(=O)[C@H]2O[C@H]2[C@@H]1O. The Morgan fingerprint density at radius 3 is 2.71 bits per heavy atom. The molecule has 0 aromatic heterocycles. The molecule has 0 amide bonds. The molecule has 2 N–H and O–H groups in total. The van der Waals surface area contributed by atoms with E-state index in [4.69, 9.17) is 9.47 Å². The van der Waals surface area contributed by atoms with Gasteiger partial charge in [0.05, 0.1) is 12.7 Å². The van der Waals surface area contributed by atoms with E-state index in [0.717, 1.165) is 12.8 Å². The first-order valence-corrected chi connectivity index (χ1v) is 6.06. The molecule has 0 saturated carbocycles. The summed E-state index contributed by atoms with van der Waals surface area (Å²) >= 11 is 0. The molecule has 17 heavy (non-hydrogen) atoms. The number of fused-ring (bicyclic) bond motifs is 1. The Morgan fingerprint density at radius 1 is 1.29 bits per heavy atom. The van der Waals surface area contributed by atoms with Gasteiger partial charge in [0.1, 0.15) is 24.4 Å². The second-order valence-electron chi connectivity index (χ2n) is 4.81. The van der Waals surface area contributed by atoms with Gasteiger partial charge in [-0.25, -0.2) is 0 Å². The predicted molar refractivity (Wildman–Crippen MR) is 57.4 cm³/mol. The molecule has 5 nitrogen and oxygen atoms in total. The Hall–Kier alpha value is -0.750. The van der Waals surface area contributed by atoms with Gasteiger partial charge < -0.3 is 19.7 Å². The van der Waals surface area contributed by atoms with E-state index in [9.17, 15) is 15.0 Å². The lowest BCUT2D eigenvalue weighted by Gasteiger charge is -2.19. The molecular weight excluding hydrogens is 224 g/mol. The van der Waals surface area contributed by atoms with Gasteiger partial charge in [0.15, 0.2) is 5.78 Å². The van der Waals surface area contributed by atoms with Gasteiger partial charge in [-0.05, 0) is 6.42 Å². The fourth-order valence-corrected chi connectivity index (χ4v) is 2.67. The van der Waals surface area contributed by atoms with Crippen molar-refractivity contribution in [1.82, 2.24) is 0 Å². The highest BCUT2D eigenvalue weighted by molar-refractivity contribution is 6.03. The maximum atomic E-state index is 11.8. The number of ketones is 1. The van der Waals surface area contributed by atoms with Crippen LogP contribution >= 0.6 is 0 Å². The molecule has 2 heterocycles. The van der Waals surface area contributed by atoms with Crippen molar-refractivity contribution in [3.05, 3.63) is 11.1 Å². The van der Waals surface area contributed by atoms with Crippen LogP contribution in [-0.4, -0.2) is 53.1 Å². The number of carbonyl (C=O) groups is 1. The fraction of sp³-hybridized carbons (Fsp3) is 0.750. The van der Waals surface area contributed by atoms with Crippen molar-refractivity contribution in [2.24, 2.45) is 0 Å². The first kappa shape index (κ1) is 11.3. The molecule has 2 fully saturated rings. The molecule has 2 saturated heterocycles. The minimum Gasteiger partial charge on any atom is -0.392 e. The van der Waals surface area contributed by atoms with Gasteiger partial charge in [0.2, 0.25) is 0 Å². The Morgan fingerprint density at radius 2 is 2.06 bits per heavy atom. The van der Waals surface area contributed by atoms with E-state index >= 15 is 0 Å². The maximum Gasteiger partial charge on any atom is 0.192 e. The monoisotopic (exact) mass is 240 g/mol. The summed E-state index contributed by atoms with van der Waals surface area (Å²) in [6.07, 6.45) is 0.0128. The van der Waals surface area contributed by atoms with Crippen LogP contribution in [0.3, 0.4) is 0 Å². The zero-order valence-corrected chi connectivity index (χ0v) is 9.63. The highest BCUT2D eigenvalue weighted by atomic mass is 16.6. The molecule has 0 unspecified atom stereocenters. The lowest BCUT2D eigenvalue weighted by Crippen LogP contribution is -2.35. The second-order valence-corrected chi connectivity index (χ2v) is 4.81. The van der Waals surface area contributed by atoms with Crippen LogP contribution in [-0.2, 0) is 14.3 Å². The average molecular weight is 240 g/mol. The number of epoxide rings is 2. The van der Waals surface area contributed by atoms with Gasteiger partial charge in [0, 0.05) is 11.1 Å². The lowest BCUT2D eigenvalue weighted by molar-refractivity contribution is -0.117. The van der Waals surface area contributed by atoms with Gasteiger partial charge in [-0.3, -0.25) is 4.79 Å². The topological polar surface area (TPSA) is 82.6 Å². The van der Waals surface area contributed by atoms with Crippen molar-refractivity contribution in [1.29, 1.82) is 0 Å². The largest absolute Gasteiger partial charge is 0.392 e. The van der Waals surface area contributed by atoms with Crippen LogP contribution < -0.4 is 0 Å². The van der Waals surface area contributed by atoms with Crippen molar-refractivity contribution in [3.8, 4) is 0 Å². The van der Waals surface area contributed by atoms with Crippen LogP contribution in [0.15, 0.2) is 11.1 Å². The summed E-state index contributed by atoms with van der Waals surface area (Å²) in [5.74, 6) is -0.191. The molecule has 3 rings (SSSR count). The highest BCUT2D eigenvalue weighted by Gasteiger charge is 2.59. The molecule has 1 aliphatic carbocycles. The van der Waals surface area contributed by atoms with E-state index in [0.29, 0.717) is 11.1 Å². The van der Waals surface area contributed by atoms with Crippen LogP contribution in [0.5, 0.6) is 0 Å². The molecule has 0 bridgehead atoms. The molecule has 0 aromatic carbocycles. The number of ether oxygens (including phenoxy) is 2. The molecular formula is C12H16O5. The average Bonchev–Trinajstić information content (AvgIpc) is 3.17. The van der Waals surface area contributed by atoms with E-state index in [-0.39, 0.29) is 24.6 Å². The number of hydrogen-bond donors (Lipinski definition) is 2. The number of Topliss-reactive ketones (excluding diaryl/α,β-unsaturated/α-hetero) is 1. The Balaban J connectivity index is 1.86. The lowest BCUT2D eigenvalue weighted by atomic mass is 9.85. The van der Waals surface area contributed by atoms with E-state index < -0.39 is 18.3 Å². The van der Waals surface area contributed by atoms with Crippen molar-refractivity contribution in [2.45, 2.75) is 50.3 Å². The zero-order chi connectivity index (χ0) is 12.2. The van der Waals surface area contributed by atoms with Crippen LogP contribution in [0, 0.1) is 0 Å². The van der Waals surface area contributed by atoms with E-state index in [1.807, 2.05) is 0 Å². The maximum absolute atomic E-state index is 11.8. The summed E-state index contributed by atoms with van der Waals surface area (Å²) in [5, 5.41) is 19.3. The van der Waals surface area contributed by atoms with E-state index in [1.165, 1.54) is 0 Å². The molecule has 0 radical (unpaired) electrons. The normalized spacial score (nSPS) is 43.7. The van der Waals surface area contributed by atoms with E-state index in [1.54, 1.807) is 0 Å². The van der Waals surface area contributed by atoms with Gasteiger partial charge in [-0.15, -0.1) is 0 Å². The first-order chi connectivity index (χ1) is 8.19. The van der Waals surface area contributed by atoms with Crippen LogP contribution in [0.25, 0.3) is 0 Å². The summed E-state index contributed by atoms with van der Waals surface area (Å²) < 4.78 is 10.6. The first-order valence-electron chi connectivity index (χ1n) is 6.06. The number of rotatable bonds is 4. The Kier molecular flexibility index (Phi) is 2.59. The standard InChI is InChI=1S/C12H16O5/c1-2-3-6-10(16-6)7-5(4-13)8(14)11-12(17-11)9(7)15/h6,9-13,15H,2-4H2,1H3/t6-,9-,10+,11-,12+/m1/s1. The minimum atomic E-state index is -0.799. The molecule has 94 valence electrons. The molecule has 0 spiro atoms. The van der Waals surface area contributed by atoms with Crippen LogP contribution in [0.2, 0.25) is 0 Å². The highest BCUT2D eigenvalue weighted by Crippen LogP contribution is 2.44. The summed E-state index contributed by atoms with van der Waals surface area (Å²) in [5.41, 5.74) is 0.842. The number of carbonyl (C=O) groups excluding carboxylic acids is 1. The fourth-order valence-electron chi connectivity index (χ4n) is 2.67. The summed E-state index contributed by atoms with van der Waals surface area (Å²) in [6, 6.07) is 0. The third-order valence-electron chi connectivity index (χ3n) is 3.68. The smallest absolute Gasteiger partial charge is 0.192 e. The van der Waals surface area contributed by atoms with Crippen molar-refractivity contribution >= 4 is 5.78 Å². The molecule has 3 aliphatic rings. The van der Waals surface area contributed by atoms with Crippen molar-refractivity contribution in [3.63, 3.8) is 0 Å². The molecule has 2 aliphatic heterocycles. The molecule has 0 aromatic rings. The van der Waals surface area contributed by atoms with Gasteiger partial charge in [-0.2, -0.15) is 0 Å². The van der Waals surface area contributed by atoms with Crippen molar-refractivity contribution in [2.75, 3.05) is 6.61 Å². The van der Waals surface area contributed by atoms with Gasteiger partial charge in [0.25, 0.3) is 0 Å². The molecule has 5 atom stereocenters. The van der Waals surface area contributed by atoms with Crippen LogP contribution in [0.1, 0.15) is 19.8 Å². The van der Waals surface area contributed by atoms with E-state index in [2.05, 4.69) is 6.92 Å². The Labute approximate surface area is 99.0 Å². The minimum absolute atomic E-state index is 0.0781. The summed E-state index contributed by atoms with van der Waals surface area (Å²) in [4.78, 5) is 11.8. The Bertz CT molecular complexity index is 388. The van der Waals surface area contributed by atoms with Crippen molar-refractivity contribution < 1.29 is 24.5 Å². The summed E-state index contributed by atoms with van der Waals surface area (Å²) in [7, 11) is 0. The van der Waals surface area contributed by atoms with Crippen LogP contribution in [0.4, 0.5) is 0 Å². The van der Waals surface area contributed by atoms with Gasteiger partial charge >= 0.3 is 0 Å². The summed E-state index contributed by atoms with van der Waals surface area (Å²) in [6.45, 7) is 1.71. The predicted octanol–water partition coefficient (Wildman–Crippen LogP) is -0.446. The molecule has 5 heteroatoms. The number of aliphatic hydroxyl groups excluding tert-OH is 2. The zero-order valence-electron chi connectivity index (χ0n) is 9.63. The number of hydrogen-bond acceptors (Lipinski definition) is 5.